The topological polar surface area (TPSA) is 90.5 Å². The summed E-state index contributed by atoms with van der Waals surface area (Å²) in [5, 5.41) is 2.70. The smallest absolute Gasteiger partial charge is 0.338 e. The van der Waals surface area contributed by atoms with Gasteiger partial charge in [-0.3, -0.25) is 9.59 Å². The molecule has 0 aliphatic carbocycles. The monoisotopic (exact) mass is 380 g/mol. The van der Waals surface area contributed by atoms with E-state index in [2.05, 4.69) is 5.32 Å². The third-order valence-corrected chi connectivity index (χ3v) is 3.93. The minimum atomic E-state index is -0.423. The van der Waals surface area contributed by atoms with E-state index in [1.54, 1.807) is 54.7 Å². The van der Waals surface area contributed by atoms with Gasteiger partial charge in [-0.1, -0.05) is 13.0 Å². The number of pyridine rings is 1. The molecule has 3 aromatic rings. The van der Waals surface area contributed by atoms with Gasteiger partial charge in [0.15, 0.2) is 5.76 Å². The fraction of sp³-hybridized carbons (Fsp3) is 0.190. The van der Waals surface area contributed by atoms with Crippen LogP contribution in [0.3, 0.4) is 0 Å². The summed E-state index contributed by atoms with van der Waals surface area (Å²) in [4.78, 5) is 35.9. The zero-order valence-electron chi connectivity index (χ0n) is 15.4. The number of carbonyl (C=O) groups is 2. The number of esters is 1. The standard InChI is InChI=1S/C21H20N2O5/c1-2-13-27-21(26)15-6-8-16(9-7-15)22-20(25)18-11-10-17(28-18)14-23-12-4-3-5-19(23)24/h3-12H,2,13-14H2,1H3,(H,22,25). The number of rotatable bonds is 7. The normalized spacial score (nSPS) is 10.5. The van der Waals surface area contributed by atoms with Gasteiger partial charge in [-0.05, 0) is 48.9 Å². The number of amides is 1. The Morgan fingerprint density at radius 1 is 1.07 bits per heavy atom. The molecule has 0 aliphatic heterocycles. The van der Waals surface area contributed by atoms with Crippen molar-refractivity contribution in [3.63, 3.8) is 0 Å². The van der Waals surface area contributed by atoms with Crippen molar-refractivity contribution in [3.8, 4) is 0 Å². The average molecular weight is 380 g/mol. The molecule has 1 N–H and O–H groups in total. The summed E-state index contributed by atoms with van der Waals surface area (Å²) in [6, 6.07) is 14.5. The fourth-order valence-corrected chi connectivity index (χ4v) is 2.50. The highest BCUT2D eigenvalue weighted by molar-refractivity contribution is 6.02. The van der Waals surface area contributed by atoms with Crippen LogP contribution in [-0.4, -0.2) is 23.1 Å². The van der Waals surface area contributed by atoms with E-state index in [9.17, 15) is 14.4 Å². The van der Waals surface area contributed by atoms with Gasteiger partial charge in [0.05, 0.1) is 18.7 Å². The van der Waals surface area contributed by atoms with Crippen molar-refractivity contribution >= 4 is 17.6 Å². The van der Waals surface area contributed by atoms with E-state index >= 15 is 0 Å². The quantitative estimate of drug-likeness (QED) is 0.635. The Balaban J connectivity index is 1.62. The van der Waals surface area contributed by atoms with Gasteiger partial charge < -0.3 is 19.0 Å². The molecule has 3 rings (SSSR count). The van der Waals surface area contributed by atoms with Gasteiger partial charge >= 0.3 is 5.97 Å². The zero-order chi connectivity index (χ0) is 19.9. The molecule has 1 amide bonds. The summed E-state index contributed by atoms with van der Waals surface area (Å²) >= 11 is 0. The maximum atomic E-state index is 12.3. The Morgan fingerprint density at radius 2 is 1.86 bits per heavy atom. The fourth-order valence-electron chi connectivity index (χ4n) is 2.50. The molecule has 2 aromatic heterocycles. The SMILES string of the molecule is CCCOC(=O)c1ccc(NC(=O)c2ccc(Cn3ccccc3=O)o2)cc1. The molecule has 0 aliphatic rings. The first-order valence-corrected chi connectivity index (χ1v) is 8.89. The molecule has 1 aromatic carbocycles. The van der Waals surface area contributed by atoms with Crippen molar-refractivity contribution in [1.29, 1.82) is 0 Å². The molecule has 7 nitrogen and oxygen atoms in total. The molecule has 144 valence electrons. The summed E-state index contributed by atoms with van der Waals surface area (Å²) in [5.74, 6) is -0.197. The molecule has 2 heterocycles. The molecular formula is C21H20N2O5. The number of carbonyl (C=O) groups excluding carboxylic acids is 2. The van der Waals surface area contributed by atoms with E-state index in [1.807, 2.05) is 6.92 Å². The van der Waals surface area contributed by atoms with Gasteiger partial charge in [-0.25, -0.2) is 4.79 Å². The first-order chi connectivity index (χ1) is 13.6. The lowest BCUT2D eigenvalue weighted by molar-refractivity contribution is 0.0505. The van der Waals surface area contributed by atoms with E-state index < -0.39 is 11.9 Å². The number of nitrogens with zero attached hydrogens (tertiary/aromatic N) is 1. The van der Waals surface area contributed by atoms with Crippen LogP contribution in [0, 0.1) is 0 Å². The maximum Gasteiger partial charge on any atom is 0.338 e. The highest BCUT2D eigenvalue weighted by atomic mass is 16.5. The first kappa shape index (κ1) is 19.2. The lowest BCUT2D eigenvalue weighted by atomic mass is 10.2. The number of hydrogen-bond acceptors (Lipinski definition) is 5. The first-order valence-electron chi connectivity index (χ1n) is 8.89. The second-order valence-electron chi connectivity index (χ2n) is 6.10. The number of hydrogen-bond donors (Lipinski definition) is 1. The highest BCUT2D eigenvalue weighted by Gasteiger charge is 2.13. The van der Waals surface area contributed by atoms with Crippen LogP contribution in [0.5, 0.6) is 0 Å². The molecule has 0 saturated carbocycles. The van der Waals surface area contributed by atoms with Crippen molar-refractivity contribution in [2.24, 2.45) is 0 Å². The van der Waals surface area contributed by atoms with E-state index in [0.29, 0.717) is 23.6 Å². The predicted molar refractivity (Wildman–Crippen MR) is 103 cm³/mol. The second-order valence-corrected chi connectivity index (χ2v) is 6.10. The third-order valence-electron chi connectivity index (χ3n) is 3.93. The minimum Gasteiger partial charge on any atom is -0.462 e. The third kappa shape index (κ3) is 4.76. The van der Waals surface area contributed by atoms with E-state index in [1.165, 1.54) is 10.6 Å². The minimum absolute atomic E-state index is 0.130. The predicted octanol–water partition coefficient (Wildman–Crippen LogP) is 3.31. The van der Waals surface area contributed by atoms with E-state index in [0.717, 1.165) is 6.42 Å². The molecule has 0 atom stereocenters. The van der Waals surface area contributed by atoms with Gasteiger partial charge in [-0.15, -0.1) is 0 Å². The highest BCUT2D eigenvalue weighted by Crippen LogP contribution is 2.14. The molecule has 0 saturated heterocycles. The molecular weight excluding hydrogens is 360 g/mol. The van der Waals surface area contributed by atoms with Crippen molar-refractivity contribution in [2.75, 3.05) is 11.9 Å². The summed E-state index contributed by atoms with van der Waals surface area (Å²) in [6.45, 7) is 2.53. The van der Waals surface area contributed by atoms with Crippen molar-refractivity contribution in [2.45, 2.75) is 19.9 Å². The van der Waals surface area contributed by atoms with Crippen LogP contribution in [0.2, 0.25) is 0 Å². The van der Waals surface area contributed by atoms with Crippen molar-refractivity contribution < 1.29 is 18.7 Å². The number of furan rings is 1. The van der Waals surface area contributed by atoms with Crippen molar-refractivity contribution in [3.05, 3.63) is 88.2 Å². The molecule has 7 heteroatoms. The number of benzene rings is 1. The molecule has 0 unspecified atom stereocenters. The Kier molecular flexibility index (Phi) is 6.06. The zero-order valence-corrected chi connectivity index (χ0v) is 15.4. The van der Waals surface area contributed by atoms with Crippen LogP contribution in [0.25, 0.3) is 0 Å². The maximum absolute atomic E-state index is 12.3. The van der Waals surface area contributed by atoms with Gasteiger partial charge in [0.25, 0.3) is 11.5 Å². The molecule has 0 radical (unpaired) electrons. The van der Waals surface area contributed by atoms with Gasteiger partial charge in [0.2, 0.25) is 0 Å². The number of anilines is 1. The van der Waals surface area contributed by atoms with Crippen LogP contribution in [0.15, 0.2) is 70.0 Å². The lowest BCUT2D eigenvalue weighted by Gasteiger charge is -2.06. The Bertz CT molecular complexity index is 1020. The van der Waals surface area contributed by atoms with Crippen LogP contribution < -0.4 is 10.9 Å². The average Bonchev–Trinajstić information content (AvgIpc) is 3.17. The Morgan fingerprint density at radius 3 is 2.57 bits per heavy atom. The number of nitrogens with one attached hydrogen (secondary N) is 1. The van der Waals surface area contributed by atoms with Crippen LogP contribution in [0.1, 0.15) is 40.0 Å². The van der Waals surface area contributed by atoms with Gasteiger partial charge in [0.1, 0.15) is 5.76 Å². The summed E-state index contributed by atoms with van der Waals surface area (Å²) in [5.41, 5.74) is 0.789. The van der Waals surface area contributed by atoms with Gasteiger partial charge in [-0.2, -0.15) is 0 Å². The van der Waals surface area contributed by atoms with Crippen LogP contribution in [0.4, 0.5) is 5.69 Å². The Labute approximate surface area is 161 Å². The van der Waals surface area contributed by atoms with Crippen LogP contribution in [-0.2, 0) is 11.3 Å². The largest absolute Gasteiger partial charge is 0.462 e. The van der Waals surface area contributed by atoms with Crippen LogP contribution >= 0.6 is 0 Å². The molecule has 0 spiro atoms. The molecule has 28 heavy (non-hydrogen) atoms. The van der Waals surface area contributed by atoms with Gasteiger partial charge in [0, 0.05) is 18.0 Å². The number of ether oxygens (including phenoxy) is 1. The Hall–Kier alpha value is -3.61. The summed E-state index contributed by atoms with van der Waals surface area (Å²) in [7, 11) is 0. The van der Waals surface area contributed by atoms with Crippen molar-refractivity contribution in [1.82, 2.24) is 4.57 Å². The lowest BCUT2D eigenvalue weighted by Crippen LogP contribution is -2.18. The number of aromatic nitrogens is 1. The van der Waals surface area contributed by atoms with E-state index in [4.69, 9.17) is 9.15 Å². The summed E-state index contributed by atoms with van der Waals surface area (Å²) in [6.07, 6.45) is 2.40. The summed E-state index contributed by atoms with van der Waals surface area (Å²) < 4.78 is 12.1. The molecule has 0 fully saturated rings. The second kappa shape index (κ2) is 8.85. The molecule has 0 bridgehead atoms. The van der Waals surface area contributed by atoms with E-state index in [-0.39, 0.29) is 17.9 Å².